The number of fused-ring (bicyclic) bond motifs is 2. The lowest BCUT2D eigenvalue weighted by Gasteiger charge is -2.18. The first-order valence-corrected chi connectivity index (χ1v) is 13.4. The summed E-state index contributed by atoms with van der Waals surface area (Å²) in [5.74, 6) is 4.08. The molecular weight excluding hydrogens is 460 g/mol. The van der Waals surface area contributed by atoms with Crippen LogP contribution >= 0.6 is 34.4 Å². The van der Waals surface area contributed by atoms with Crippen LogP contribution < -0.4 is 9.47 Å². The zero-order chi connectivity index (χ0) is 21.7. The van der Waals surface area contributed by atoms with Crippen LogP contribution in [0.15, 0.2) is 34.1 Å². The Labute approximate surface area is 198 Å². The van der Waals surface area contributed by atoms with Crippen molar-refractivity contribution in [3.05, 3.63) is 45.1 Å². The molecule has 0 radical (unpaired) electrons. The fourth-order valence-corrected chi connectivity index (χ4v) is 7.18. The molecule has 1 aliphatic heterocycles. The Bertz CT molecular complexity index is 1290. The molecule has 2 aliphatic rings. The van der Waals surface area contributed by atoms with Crippen LogP contribution in [0.4, 0.5) is 0 Å². The summed E-state index contributed by atoms with van der Waals surface area (Å²) in [6.45, 7) is 2.63. The van der Waals surface area contributed by atoms with Crippen LogP contribution in [-0.4, -0.2) is 26.5 Å². The predicted octanol–water partition coefficient (Wildman–Crippen LogP) is 5.81. The molecule has 6 rings (SSSR count). The van der Waals surface area contributed by atoms with E-state index >= 15 is 0 Å². The number of benzene rings is 1. The third kappa shape index (κ3) is 3.62. The SMILES string of the molecule is C[C@@H]1CCc2c(-c3nnc(SCc4csc(-c5ccc6c(c5)OCO6)n4)n3C)csc2C1. The highest BCUT2D eigenvalue weighted by Gasteiger charge is 2.24. The Morgan fingerprint density at radius 1 is 1.16 bits per heavy atom. The molecule has 0 unspecified atom stereocenters. The number of aromatic nitrogens is 4. The second kappa shape index (κ2) is 8.20. The Morgan fingerprint density at radius 2 is 2.06 bits per heavy atom. The van der Waals surface area contributed by atoms with Crippen molar-refractivity contribution in [1.82, 2.24) is 19.7 Å². The molecule has 0 bridgehead atoms. The number of thiophene rings is 1. The van der Waals surface area contributed by atoms with Gasteiger partial charge in [-0.1, -0.05) is 18.7 Å². The molecular formula is C23H22N4O2S3. The van der Waals surface area contributed by atoms with Crippen LogP contribution in [-0.2, 0) is 25.6 Å². The Morgan fingerprint density at radius 3 is 3.00 bits per heavy atom. The van der Waals surface area contributed by atoms with Crippen LogP contribution in [0.2, 0.25) is 0 Å². The second-order valence-electron chi connectivity index (χ2n) is 8.26. The number of hydrogen-bond acceptors (Lipinski definition) is 8. The molecule has 1 aromatic carbocycles. The van der Waals surface area contributed by atoms with Crippen LogP contribution in [0.1, 0.15) is 29.5 Å². The Kier molecular flexibility index (Phi) is 5.20. The van der Waals surface area contributed by atoms with Crippen molar-refractivity contribution in [2.45, 2.75) is 37.1 Å². The largest absolute Gasteiger partial charge is 0.454 e. The number of nitrogens with zero attached hydrogens (tertiary/aromatic N) is 4. The first-order valence-electron chi connectivity index (χ1n) is 10.6. The van der Waals surface area contributed by atoms with Gasteiger partial charge in [-0.05, 0) is 48.9 Å². The van der Waals surface area contributed by atoms with E-state index in [1.807, 2.05) is 29.5 Å². The quantitative estimate of drug-likeness (QED) is 0.334. The number of ether oxygens (including phenoxy) is 2. The highest BCUT2D eigenvalue weighted by atomic mass is 32.2. The van der Waals surface area contributed by atoms with E-state index in [0.717, 1.165) is 56.8 Å². The van der Waals surface area contributed by atoms with Gasteiger partial charge < -0.3 is 14.0 Å². The zero-order valence-electron chi connectivity index (χ0n) is 17.8. The lowest BCUT2D eigenvalue weighted by Crippen LogP contribution is -2.09. The van der Waals surface area contributed by atoms with E-state index in [-0.39, 0.29) is 6.79 Å². The average molecular weight is 483 g/mol. The van der Waals surface area contributed by atoms with Crippen molar-refractivity contribution in [1.29, 1.82) is 0 Å². The van der Waals surface area contributed by atoms with Crippen molar-refractivity contribution in [2.24, 2.45) is 13.0 Å². The van der Waals surface area contributed by atoms with Gasteiger partial charge in [0.1, 0.15) is 5.01 Å². The molecule has 0 saturated carbocycles. The lowest BCUT2D eigenvalue weighted by atomic mass is 9.88. The minimum Gasteiger partial charge on any atom is -0.454 e. The highest BCUT2D eigenvalue weighted by molar-refractivity contribution is 7.98. The van der Waals surface area contributed by atoms with Gasteiger partial charge in [0.15, 0.2) is 22.5 Å². The van der Waals surface area contributed by atoms with E-state index < -0.39 is 0 Å². The summed E-state index contributed by atoms with van der Waals surface area (Å²) < 4.78 is 13.0. The molecule has 9 heteroatoms. The fourth-order valence-electron chi connectivity index (χ4n) is 4.21. The second-order valence-corrected chi connectivity index (χ2v) is 11.0. The van der Waals surface area contributed by atoms with Crippen molar-refractivity contribution in [3.63, 3.8) is 0 Å². The van der Waals surface area contributed by atoms with Crippen LogP contribution in [0.3, 0.4) is 0 Å². The van der Waals surface area contributed by atoms with Crippen LogP contribution in [0, 0.1) is 5.92 Å². The van der Waals surface area contributed by atoms with Gasteiger partial charge in [0.2, 0.25) is 6.79 Å². The molecule has 0 saturated heterocycles. The van der Waals surface area contributed by atoms with E-state index in [9.17, 15) is 0 Å². The molecule has 6 nitrogen and oxygen atoms in total. The van der Waals surface area contributed by atoms with Gasteiger partial charge in [0.05, 0.1) is 5.69 Å². The third-order valence-electron chi connectivity index (χ3n) is 6.00. The maximum Gasteiger partial charge on any atom is 0.231 e. The predicted molar refractivity (Wildman–Crippen MR) is 129 cm³/mol. The van der Waals surface area contributed by atoms with E-state index in [0.29, 0.717) is 0 Å². The monoisotopic (exact) mass is 482 g/mol. The molecule has 0 N–H and O–H groups in total. The molecule has 4 aromatic rings. The molecule has 164 valence electrons. The number of rotatable bonds is 5. The van der Waals surface area contributed by atoms with Crippen molar-refractivity contribution >= 4 is 34.4 Å². The molecule has 0 spiro atoms. The summed E-state index contributed by atoms with van der Waals surface area (Å²) in [6.07, 6.45) is 3.59. The molecule has 0 fully saturated rings. The number of thioether (sulfide) groups is 1. The molecule has 1 atom stereocenters. The lowest BCUT2D eigenvalue weighted by molar-refractivity contribution is 0.174. The Hall–Kier alpha value is -2.36. The van der Waals surface area contributed by atoms with Crippen LogP contribution in [0.25, 0.3) is 22.0 Å². The van der Waals surface area contributed by atoms with E-state index in [1.165, 1.54) is 28.8 Å². The van der Waals surface area contributed by atoms with Gasteiger partial charge in [0.25, 0.3) is 0 Å². The standard InChI is InChI=1S/C23H22N4O2S3/c1-13-3-5-16-17(11-30-20(16)7-13)21-25-26-23(27(21)2)32-10-15-9-31-22(24-15)14-4-6-18-19(8-14)29-12-28-18/h4,6,8-9,11,13H,3,5,7,10,12H2,1-2H3/t13-/m1/s1. The average Bonchev–Trinajstić information content (AvgIpc) is 3.58. The van der Waals surface area contributed by atoms with Crippen molar-refractivity contribution in [2.75, 3.05) is 6.79 Å². The first kappa shape index (κ1) is 20.3. The molecule has 32 heavy (non-hydrogen) atoms. The summed E-state index contributed by atoms with van der Waals surface area (Å²) in [7, 11) is 2.06. The van der Waals surface area contributed by atoms with Crippen molar-refractivity contribution in [3.8, 4) is 33.5 Å². The molecule has 0 amide bonds. The first-order chi connectivity index (χ1) is 15.7. The van der Waals surface area contributed by atoms with Gasteiger partial charge in [-0.25, -0.2) is 4.98 Å². The maximum absolute atomic E-state index is 5.49. The molecule has 3 aromatic heterocycles. The summed E-state index contributed by atoms with van der Waals surface area (Å²) in [5.41, 5.74) is 4.83. The summed E-state index contributed by atoms with van der Waals surface area (Å²) >= 11 is 5.19. The molecule has 4 heterocycles. The summed E-state index contributed by atoms with van der Waals surface area (Å²) in [4.78, 5) is 6.34. The number of hydrogen-bond donors (Lipinski definition) is 0. The van der Waals surface area contributed by atoms with E-state index in [1.54, 1.807) is 23.1 Å². The van der Waals surface area contributed by atoms with Gasteiger partial charge in [-0.3, -0.25) is 0 Å². The third-order valence-corrected chi connectivity index (χ3v) is 9.04. The van der Waals surface area contributed by atoms with Gasteiger partial charge in [-0.2, -0.15) is 0 Å². The summed E-state index contributed by atoms with van der Waals surface area (Å²) in [6, 6.07) is 5.97. The minimum absolute atomic E-state index is 0.283. The van der Waals surface area contributed by atoms with E-state index in [4.69, 9.17) is 14.5 Å². The topological polar surface area (TPSA) is 62.1 Å². The van der Waals surface area contributed by atoms with Crippen molar-refractivity contribution < 1.29 is 9.47 Å². The smallest absolute Gasteiger partial charge is 0.231 e. The normalized spacial score (nSPS) is 17.0. The minimum atomic E-state index is 0.283. The summed E-state index contributed by atoms with van der Waals surface area (Å²) in [5, 5.41) is 15.3. The van der Waals surface area contributed by atoms with Crippen LogP contribution in [0.5, 0.6) is 11.5 Å². The zero-order valence-corrected chi connectivity index (χ0v) is 20.3. The molecule has 1 aliphatic carbocycles. The Balaban J connectivity index is 1.17. The number of thiazole rings is 1. The maximum atomic E-state index is 5.49. The van der Waals surface area contributed by atoms with Gasteiger partial charge in [-0.15, -0.1) is 32.9 Å². The van der Waals surface area contributed by atoms with Gasteiger partial charge in [0, 0.05) is 39.6 Å². The highest BCUT2D eigenvalue weighted by Crippen LogP contribution is 2.39. The van der Waals surface area contributed by atoms with E-state index in [2.05, 4.69) is 39.5 Å². The fraction of sp³-hybridized carbons (Fsp3) is 0.348. The van der Waals surface area contributed by atoms with Gasteiger partial charge >= 0.3 is 0 Å².